The molecule has 2 heterocycles. The second-order valence-corrected chi connectivity index (χ2v) is 4.13. The number of halogens is 2. The summed E-state index contributed by atoms with van der Waals surface area (Å²) >= 11 is 0. The van der Waals surface area contributed by atoms with Gasteiger partial charge in [0.2, 0.25) is 0 Å². The smallest absolute Gasteiger partial charge is 0.0223 e. The molecule has 0 spiro atoms. The number of rotatable bonds is 0. The van der Waals surface area contributed by atoms with E-state index in [2.05, 4.69) is 23.9 Å². The van der Waals surface area contributed by atoms with E-state index in [4.69, 9.17) is 0 Å². The molecule has 2 nitrogen and oxygen atoms in total. The van der Waals surface area contributed by atoms with Gasteiger partial charge < -0.3 is 4.90 Å². The molecule has 2 rings (SSSR count). The Morgan fingerprint density at radius 2 is 1.38 bits per heavy atom. The molecule has 2 bridgehead atoms. The summed E-state index contributed by atoms with van der Waals surface area (Å²) in [7, 11) is 4.54. The van der Waals surface area contributed by atoms with Crippen molar-refractivity contribution in [2.24, 2.45) is 0 Å². The second kappa shape index (κ2) is 5.40. The van der Waals surface area contributed by atoms with Gasteiger partial charge in [-0.3, -0.25) is 4.90 Å². The van der Waals surface area contributed by atoms with Gasteiger partial charge in [-0.2, -0.15) is 0 Å². The monoisotopic (exact) mass is 226 g/mol. The molecule has 0 aromatic heterocycles. The normalized spacial score (nSPS) is 34.6. The van der Waals surface area contributed by atoms with Crippen LogP contribution in [0.15, 0.2) is 0 Å². The van der Waals surface area contributed by atoms with Gasteiger partial charge in [0.05, 0.1) is 0 Å². The largest absolute Gasteiger partial charge is 0.303 e. The lowest BCUT2D eigenvalue weighted by Gasteiger charge is -2.47. The minimum absolute atomic E-state index is 0. The average Bonchev–Trinajstić information content (AvgIpc) is 1.92. The van der Waals surface area contributed by atoms with Gasteiger partial charge in [0.25, 0.3) is 0 Å². The van der Waals surface area contributed by atoms with Crippen LogP contribution in [0.5, 0.6) is 0 Å². The van der Waals surface area contributed by atoms with Gasteiger partial charge in [-0.05, 0) is 26.9 Å². The molecule has 0 aromatic rings. The van der Waals surface area contributed by atoms with Crippen LogP contribution < -0.4 is 0 Å². The first-order chi connectivity index (χ1) is 5.27. The summed E-state index contributed by atoms with van der Waals surface area (Å²) in [5.74, 6) is 0. The first-order valence-corrected chi connectivity index (χ1v) is 4.68. The van der Waals surface area contributed by atoms with Crippen LogP contribution in [0.3, 0.4) is 0 Å². The van der Waals surface area contributed by atoms with Crippen LogP contribution >= 0.6 is 24.8 Å². The highest BCUT2D eigenvalue weighted by atomic mass is 35.5. The van der Waals surface area contributed by atoms with Gasteiger partial charge in [0.1, 0.15) is 0 Å². The Labute approximate surface area is 93.5 Å². The standard InChI is InChI=1S/C9H18N2.2ClH/c1-10-6-8-4-3-5-9(7-10)11(8)2;;/h8-9H,3-7H2,1-2H3;2*1H. The summed E-state index contributed by atoms with van der Waals surface area (Å²) < 4.78 is 0. The summed E-state index contributed by atoms with van der Waals surface area (Å²) in [5, 5.41) is 0. The topological polar surface area (TPSA) is 6.48 Å². The lowest BCUT2D eigenvalue weighted by Crippen LogP contribution is -2.58. The fourth-order valence-corrected chi connectivity index (χ4v) is 2.53. The highest BCUT2D eigenvalue weighted by Crippen LogP contribution is 2.25. The predicted octanol–water partition coefficient (Wildman–Crippen LogP) is 1.63. The molecule has 0 N–H and O–H groups in total. The minimum Gasteiger partial charge on any atom is -0.303 e. The predicted molar refractivity (Wildman–Crippen MR) is 61.2 cm³/mol. The van der Waals surface area contributed by atoms with E-state index < -0.39 is 0 Å². The molecule has 2 atom stereocenters. The van der Waals surface area contributed by atoms with Crippen LogP contribution in [0.25, 0.3) is 0 Å². The van der Waals surface area contributed by atoms with Crippen LogP contribution in [0.1, 0.15) is 19.3 Å². The SMILES string of the molecule is CN1CC2CCCC(C1)N2C.Cl.Cl. The zero-order valence-corrected chi connectivity index (χ0v) is 10.0. The molecule has 4 heteroatoms. The van der Waals surface area contributed by atoms with E-state index in [9.17, 15) is 0 Å². The number of likely N-dealkylation sites (N-methyl/N-ethyl adjacent to an activating group) is 2. The van der Waals surface area contributed by atoms with Crippen molar-refractivity contribution in [3.63, 3.8) is 0 Å². The summed E-state index contributed by atoms with van der Waals surface area (Å²) in [6.07, 6.45) is 4.28. The van der Waals surface area contributed by atoms with Gasteiger partial charge in [0.15, 0.2) is 0 Å². The van der Waals surface area contributed by atoms with Crippen molar-refractivity contribution < 1.29 is 0 Å². The molecule has 0 amide bonds. The highest BCUT2D eigenvalue weighted by Gasteiger charge is 2.32. The van der Waals surface area contributed by atoms with Crippen LogP contribution in [-0.2, 0) is 0 Å². The third-order valence-electron chi connectivity index (χ3n) is 3.27. The fourth-order valence-electron chi connectivity index (χ4n) is 2.53. The molecule has 80 valence electrons. The summed E-state index contributed by atoms with van der Waals surface area (Å²) in [6.45, 7) is 2.57. The van der Waals surface area contributed by atoms with Crippen LogP contribution in [0.4, 0.5) is 0 Å². The Kier molecular flexibility index (Phi) is 5.61. The van der Waals surface area contributed by atoms with Gasteiger partial charge in [0, 0.05) is 25.2 Å². The van der Waals surface area contributed by atoms with E-state index in [-0.39, 0.29) is 24.8 Å². The van der Waals surface area contributed by atoms with Crippen molar-refractivity contribution in [3.8, 4) is 0 Å². The molecule has 13 heavy (non-hydrogen) atoms. The number of hydrogen-bond acceptors (Lipinski definition) is 2. The van der Waals surface area contributed by atoms with Crippen molar-refractivity contribution in [1.29, 1.82) is 0 Å². The zero-order valence-electron chi connectivity index (χ0n) is 8.40. The maximum atomic E-state index is 2.59. The number of nitrogens with zero attached hydrogens (tertiary/aromatic N) is 2. The van der Waals surface area contributed by atoms with Gasteiger partial charge in [-0.1, -0.05) is 6.42 Å². The quantitative estimate of drug-likeness (QED) is 0.620. The fraction of sp³-hybridized carbons (Fsp3) is 1.00. The Balaban J connectivity index is 0.000000720. The van der Waals surface area contributed by atoms with E-state index in [0.717, 1.165) is 12.1 Å². The maximum Gasteiger partial charge on any atom is 0.0223 e. The average molecular weight is 227 g/mol. The molecule has 0 saturated carbocycles. The van der Waals surface area contributed by atoms with E-state index in [1.807, 2.05) is 0 Å². The third-order valence-corrected chi connectivity index (χ3v) is 3.27. The van der Waals surface area contributed by atoms with E-state index in [1.54, 1.807) is 0 Å². The van der Waals surface area contributed by atoms with Crippen LogP contribution in [0, 0.1) is 0 Å². The van der Waals surface area contributed by atoms with Gasteiger partial charge in [-0.15, -0.1) is 24.8 Å². The molecular weight excluding hydrogens is 207 g/mol. The number of fused-ring (bicyclic) bond motifs is 2. The summed E-state index contributed by atoms with van der Waals surface area (Å²) in [5.41, 5.74) is 0. The van der Waals surface area contributed by atoms with Gasteiger partial charge >= 0.3 is 0 Å². The number of piperidine rings is 1. The maximum absolute atomic E-state index is 2.59. The van der Waals surface area contributed by atoms with E-state index in [1.165, 1.54) is 32.4 Å². The van der Waals surface area contributed by atoms with Crippen molar-refractivity contribution >= 4 is 24.8 Å². The van der Waals surface area contributed by atoms with E-state index >= 15 is 0 Å². The molecule has 0 aliphatic carbocycles. The molecule has 2 saturated heterocycles. The second-order valence-electron chi connectivity index (χ2n) is 4.13. The van der Waals surface area contributed by atoms with Crippen molar-refractivity contribution in [1.82, 2.24) is 9.80 Å². The molecular formula is C9H20Cl2N2. The van der Waals surface area contributed by atoms with E-state index in [0.29, 0.717) is 0 Å². The van der Waals surface area contributed by atoms with Crippen molar-refractivity contribution in [2.45, 2.75) is 31.3 Å². The Morgan fingerprint density at radius 3 is 1.85 bits per heavy atom. The molecule has 2 unspecified atom stereocenters. The Morgan fingerprint density at radius 1 is 0.923 bits per heavy atom. The zero-order chi connectivity index (χ0) is 7.84. The van der Waals surface area contributed by atoms with Crippen LogP contribution in [-0.4, -0.2) is 49.1 Å². The molecule has 2 fully saturated rings. The Bertz CT molecular complexity index is 141. The minimum atomic E-state index is 0. The van der Waals surface area contributed by atoms with Crippen molar-refractivity contribution in [2.75, 3.05) is 27.2 Å². The molecule has 2 aliphatic rings. The molecule has 0 aromatic carbocycles. The summed E-state index contributed by atoms with van der Waals surface area (Å²) in [6, 6.07) is 1.71. The third kappa shape index (κ3) is 2.72. The Hall–Kier alpha value is 0.500. The molecule has 2 aliphatic heterocycles. The number of piperazine rings is 1. The van der Waals surface area contributed by atoms with Crippen LogP contribution in [0.2, 0.25) is 0 Å². The number of hydrogen-bond donors (Lipinski definition) is 0. The highest BCUT2D eigenvalue weighted by molar-refractivity contribution is 5.85. The van der Waals surface area contributed by atoms with Gasteiger partial charge in [-0.25, -0.2) is 0 Å². The van der Waals surface area contributed by atoms with Crippen molar-refractivity contribution in [3.05, 3.63) is 0 Å². The number of likely N-dealkylation sites (tertiary alicyclic amines) is 1. The lowest BCUT2D eigenvalue weighted by atomic mass is 9.92. The first-order valence-electron chi connectivity index (χ1n) is 4.68. The first kappa shape index (κ1) is 13.5. The molecule has 0 radical (unpaired) electrons. The lowest BCUT2D eigenvalue weighted by molar-refractivity contribution is 0.0217. The summed E-state index contributed by atoms with van der Waals surface area (Å²) in [4.78, 5) is 5.07.